The highest BCUT2D eigenvalue weighted by molar-refractivity contribution is 6.32. The molecule has 2 aromatic carbocycles. The summed E-state index contributed by atoms with van der Waals surface area (Å²) in [6.45, 7) is 5.09. The molecule has 0 saturated heterocycles. The van der Waals surface area contributed by atoms with Crippen molar-refractivity contribution in [3.63, 3.8) is 0 Å². The molecule has 2 aromatic rings. The Morgan fingerprint density at radius 2 is 1.96 bits per heavy atom. The van der Waals surface area contributed by atoms with Crippen molar-refractivity contribution in [1.82, 2.24) is 0 Å². The van der Waals surface area contributed by atoms with E-state index in [4.69, 9.17) is 25.8 Å². The summed E-state index contributed by atoms with van der Waals surface area (Å²) in [5.74, 6) is 0.395. The third-order valence-corrected chi connectivity index (χ3v) is 4.29. The standard InChI is InChI=1S/C21H19ClO5/c1-12(2)26-19(23)11-25-17-9-8-15-20(24)18(27-21(15)13(17)3)10-14-6-4-5-7-16(14)22/h4-10,12H,11H2,1-3H3/b18-10-. The van der Waals surface area contributed by atoms with Gasteiger partial charge in [0.05, 0.1) is 11.7 Å². The SMILES string of the molecule is Cc1c(OCC(=O)OC(C)C)ccc2c1O/C(=C\c1ccccc1Cl)C2=O. The Bertz CT molecular complexity index is 930. The number of ether oxygens (including phenoxy) is 3. The van der Waals surface area contributed by atoms with Crippen molar-refractivity contribution >= 4 is 29.4 Å². The fourth-order valence-corrected chi connectivity index (χ4v) is 2.88. The third-order valence-electron chi connectivity index (χ3n) is 3.94. The van der Waals surface area contributed by atoms with Gasteiger partial charge in [0.1, 0.15) is 11.5 Å². The first-order valence-electron chi connectivity index (χ1n) is 8.51. The van der Waals surface area contributed by atoms with Crippen molar-refractivity contribution in [2.24, 2.45) is 0 Å². The van der Waals surface area contributed by atoms with E-state index in [0.29, 0.717) is 33.2 Å². The third kappa shape index (κ3) is 4.14. The molecule has 5 nitrogen and oxygen atoms in total. The highest BCUT2D eigenvalue weighted by Crippen LogP contribution is 2.39. The van der Waals surface area contributed by atoms with Crippen LogP contribution in [0.3, 0.4) is 0 Å². The van der Waals surface area contributed by atoms with Crippen LogP contribution in [0.5, 0.6) is 11.5 Å². The molecule has 0 unspecified atom stereocenters. The maximum Gasteiger partial charge on any atom is 0.344 e. The summed E-state index contributed by atoms with van der Waals surface area (Å²) in [7, 11) is 0. The van der Waals surface area contributed by atoms with E-state index in [1.54, 1.807) is 51.1 Å². The van der Waals surface area contributed by atoms with E-state index in [1.165, 1.54) is 0 Å². The Hall–Kier alpha value is -2.79. The molecule has 3 rings (SSSR count). The van der Waals surface area contributed by atoms with Crippen molar-refractivity contribution in [3.8, 4) is 11.5 Å². The number of hydrogen-bond donors (Lipinski definition) is 0. The predicted molar refractivity (Wildman–Crippen MR) is 102 cm³/mol. The van der Waals surface area contributed by atoms with Gasteiger partial charge < -0.3 is 14.2 Å². The summed E-state index contributed by atoms with van der Waals surface area (Å²) in [5, 5.41) is 0.529. The van der Waals surface area contributed by atoms with E-state index in [-0.39, 0.29) is 24.3 Å². The van der Waals surface area contributed by atoms with Gasteiger partial charge in [0.2, 0.25) is 5.78 Å². The van der Waals surface area contributed by atoms with Crippen LogP contribution in [-0.2, 0) is 9.53 Å². The molecule has 140 valence electrons. The van der Waals surface area contributed by atoms with E-state index < -0.39 is 5.97 Å². The largest absolute Gasteiger partial charge is 0.481 e. The molecule has 0 fully saturated rings. The van der Waals surface area contributed by atoms with Crippen LogP contribution in [0, 0.1) is 6.92 Å². The Balaban J connectivity index is 1.82. The average Bonchev–Trinajstić information content (AvgIpc) is 2.93. The summed E-state index contributed by atoms with van der Waals surface area (Å²) >= 11 is 6.15. The fraction of sp³-hybridized carbons (Fsp3) is 0.238. The fourth-order valence-electron chi connectivity index (χ4n) is 2.69. The predicted octanol–water partition coefficient (Wildman–Crippen LogP) is 4.60. The van der Waals surface area contributed by atoms with Gasteiger partial charge in [-0.05, 0) is 50.6 Å². The van der Waals surface area contributed by atoms with Crippen LogP contribution in [0.15, 0.2) is 42.2 Å². The molecule has 0 aliphatic carbocycles. The molecule has 1 heterocycles. The molecule has 0 atom stereocenters. The zero-order chi connectivity index (χ0) is 19.6. The Morgan fingerprint density at radius 3 is 2.67 bits per heavy atom. The maximum absolute atomic E-state index is 12.6. The van der Waals surface area contributed by atoms with Crippen LogP contribution in [0.4, 0.5) is 0 Å². The molecule has 1 aliphatic heterocycles. The van der Waals surface area contributed by atoms with Crippen molar-refractivity contribution in [2.75, 3.05) is 6.61 Å². The average molecular weight is 387 g/mol. The maximum atomic E-state index is 12.6. The molecule has 0 radical (unpaired) electrons. The van der Waals surface area contributed by atoms with Crippen molar-refractivity contribution in [2.45, 2.75) is 26.9 Å². The minimum atomic E-state index is -0.457. The lowest BCUT2D eigenvalue weighted by Crippen LogP contribution is -2.19. The molecule has 0 bridgehead atoms. The molecular weight excluding hydrogens is 368 g/mol. The quantitative estimate of drug-likeness (QED) is 0.555. The van der Waals surface area contributed by atoms with Gasteiger partial charge in [-0.2, -0.15) is 0 Å². The lowest BCUT2D eigenvalue weighted by atomic mass is 10.1. The second kappa shape index (κ2) is 7.84. The van der Waals surface area contributed by atoms with Gasteiger partial charge in [-0.25, -0.2) is 4.79 Å². The number of esters is 1. The smallest absolute Gasteiger partial charge is 0.344 e. The monoisotopic (exact) mass is 386 g/mol. The van der Waals surface area contributed by atoms with Gasteiger partial charge in [0.15, 0.2) is 12.4 Å². The van der Waals surface area contributed by atoms with Crippen molar-refractivity contribution < 1.29 is 23.8 Å². The van der Waals surface area contributed by atoms with E-state index in [0.717, 1.165) is 0 Å². The minimum Gasteiger partial charge on any atom is -0.481 e. The number of halogens is 1. The number of allylic oxidation sites excluding steroid dienone is 1. The van der Waals surface area contributed by atoms with Crippen LogP contribution in [0.25, 0.3) is 6.08 Å². The van der Waals surface area contributed by atoms with Crippen LogP contribution < -0.4 is 9.47 Å². The zero-order valence-corrected chi connectivity index (χ0v) is 16.0. The van der Waals surface area contributed by atoms with E-state index in [9.17, 15) is 9.59 Å². The van der Waals surface area contributed by atoms with E-state index in [2.05, 4.69) is 0 Å². The van der Waals surface area contributed by atoms with Crippen molar-refractivity contribution in [3.05, 3.63) is 63.9 Å². The molecule has 0 aromatic heterocycles. The summed E-state index contributed by atoms with van der Waals surface area (Å²) in [5.41, 5.74) is 1.78. The lowest BCUT2D eigenvalue weighted by molar-refractivity contribution is -0.149. The summed E-state index contributed by atoms with van der Waals surface area (Å²) in [6.07, 6.45) is 1.41. The highest BCUT2D eigenvalue weighted by Gasteiger charge is 2.30. The number of hydrogen-bond acceptors (Lipinski definition) is 5. The number of ketones is 1. The van der Waals surface area contributed by atoms with Crippen LogP contribution in [-0.4, -0.2) is 24.5 Å². The number of carbonyl (C=O) groups is 2. The van der Waals surface area contributed by atoms with Gasteiger partial charge >= 0.3 is 5.97 Å². The van der Waals surface area contributed by atoms with Crippen molar-refractivity contribution in [1.29, 1.82) is 0 Å². The van der Waals surface area contributed by atoms with Gasteiger partial charge in [-0.15, -0.1) is 0 Å². The molecular formula is C21H19ClO5. The van der Waals surface area contributed by atoms with Crippen LogP contribution >= 0.6 is 11.6 Å². The first-order valence-corrected chi connectivity index (χ1v) is 8.89. The summed E-state index contributed by atoms with van der Waals surface area (Å²) < 4.78 is 16.3. The van der Waals surface area contributed by atoms with Gasteiger partial charge in [-0.3, -0.25) is 4.79 Å². The minimum absolute atomic E-state index is 0.192. The molecule has 0 spiro atoms. The second-order valence-corrected chi connectivity index (χ2v) is 6.76. The van der Waals surface area contributed by atoms with Crippen LogP contribution in [0.1, 0.15) is 35.3 Å². The first-order chi connectivity index (χ1) is 12.9. The zero-order valence-electron chi connectivity index (χ0n) is 15.2. The van der Waals surface area contributed by atoms with E-state index >= 15 is 0 Å². The molecule has 6 heteroatoms. The molecule has 0 N–H and O–H groups in total. The summed E-state index contributed by atoms with van der Waals surface area (Å²) in [6, 6.07) is 10.5. The van der Waals surface area contributed by atoms with Gasteiger partial charge in [0.25, 0.3) is 0 Å². The topological polar surface area (TPSA) is 61.8 Å². The second-order valence-electron chi connectivity index (χ2n) is 6.35. The Labute approximate surface area is 162 Å². The summed E-state index contributed by atoms with van der Waals surface area (Å²) in [4.78, 5) is 24.3. The number of fused-ring (bicyclic) bond motifs is 1. The highest BCUT2D eigenvalue weighted by atomic mass is 35.5. The molecule has 1 aliphatic rings. The first kappa shape index (κ1) is 19.0. The van der Waals surface area contributed by atoms with Crippen LogP contribution in [0.2, 0.25) is 5.02 Å². The van der Waals surface area contributed by atoms with Gasteiger partial charge in [0, 0.05) is 10.6 Å². The Morgan fingerprint density at radius 1 is 1.22 bits per heavy atom. The lowest BCUT2D eigenvalue weighted by Gasteiger charge is -2.12. The molecule has 27 heavy (non-hydrogen) atoms. The normalized spacial score (nSPS) is 14.3. The number of benzene rings is 2. The number of Topliss-reactive ketones (excluding diaryl/α,β-unsaturated/α-hetero) is 1. The van der Waals surface area contributed by atoms with E-state index in [1.807, 2.05) is 12.1 Å². The molecule has 0 saturated carbocycles. The number of rotatable bonds is 5. The molecule has 0 amide bonds. The van der Waals surface area contributed by atoms with Gasteiger partial charge in [-0.1, -0.05) is 29.8 Å². The Kier molecular flexibility index (Phi) is 5.51. The number of carbonyl (C=O) groups excluding carboxylic acids is 2.